The van der Waals surface area contributed by atoms with E-state index in [1.54, 1.807) is 6.92 Å². The molecule has 2 amide bonds. The lowest BCUT2D eigenvalue weighted by molar-refractivity contribution is -0.136. The summed E-state index contributed by atoms with van der Waals surface area (Å²) < 4.78 is 12.8. The van der Waals surface area contributed by atoms with Crippen molar-refractivity contribution in [2.24, 2.45) is 5.73 Å². The quantitative estimate of drug-likeness (QED) is 0.656. The second-order valence-electron chi connectivity index (χ2n) is 3.46. The van der Waals surface area contributed by atoms with Crippen molar-refractivity contribution in [3.8, 4) is 0 Å². The van der Waals surface area contributed by atoms with Crippen molar-refractivity contribution in [2.45, 2.75) is 6.92 Å². The third kappa shape index (κ3) is 3.84. The fraction of sp³-hybridized carbons (Fsp3) is 0.273. The second-order valence-corrected chi connectivity index (χ2v) is 3.46. The zero-order chi connectivity index (χ0) is 12.8. The summed E-state index contributed by atoms with van der Waals surface area (Å²) in [5, 5.41) is 4.72. The van der Waals surface area contributed by atoms with Crippen LogP contribution in [-0.2, 0) is 9.59 Å². The molecule has 0 saturated carbocycles. The Kier molecular flexibility index (Phi) is 4.59. The highest BCUT2D eigenvalue weighted by molar-refractivity contribution is 6.39. The van der Waals surface area contributed by atoms with Gasteiger partial charge in [-0.15, -0.1) is 0 Å². The van der Waals surface area contributed by atoms with Crippen LogP contribution in [0.15, 0.2) is 18.2 Å². The lowest BCUT2D eigenvalue weighted by atomic mass is 10.2. The Balaban J connectivity index is 2.64. The number of carbonyl (C=O) groups is 2. The Labute approximate surface area is 98.2 Å². The Bertz CT molecular complexity index is 435. The smallest absolute Gasteiger partial charge is 0.313 e. The topological polar surface area (TPSA) is 84.2 Å². The van der Waals surface area contributed by atoms with Crippen LogP contribution in [0, 0.1) is 12.7 Å². The van der Waals surface area contributed by atoms with E-state index >= 15 is 0 Å². The summed E-state index contributed by atoms with van der Waals surface area (Å²) in [4.78, 5) is 22.6. The van der Waals surface area contributed by atoms with E-state index < -0.39 is 17.6 Å². The molecule has 0 heterocycles. The first-order valence-electron chi connectivity index (χ1n) is 5.10. The number of hydrogen-bond donors (Lipinski definition) is 3. The molecule has 92 valence electrons. The Morgan fingerprint density at radius 1 is 1.35 bits per heavy atom. The molecule has 17 heavy (non-hydrogen) atoms. The molecule has 0 aliphatic heterocycles. The number of rotatable bonds is 3. The number of carbonyl (C=O) groups excluding carboxylic acids is 2. The molecule has 0 spiro atoms. The van der Waals surface area contributed by atoms with Gasteiger partial charge in [0.25, 0.3) is 0 Å². The summed E-state index contributed by atoms with van der Waals surface area (Å²) in [6, 6.07) is 3.88. The number of halogens is 1. The summed E-state index contributed by atoms with van der Waals surface area (Å²) in [5.74, 6) is -1.96. The fourth-order valence-electron chi connectivity index (χ4n) is 1.21. The number of hydrogen-bond acceptors (Lipinski definition) is 3. The molecule has 1 aromatic carbocycles. The number of amides is 2. The molecule has 0 fully saturated rings. The second kappa shape index (κ2) is 5.95. The van der Waals surface area contributed by atoms with Crippen molar-refractivity contribution < 1.29 is 14.0 Å². The molecule has 0 aliphatic rings. The molecule has 0 bridgehead atoms. The van der Waals surface area contributed by atoms with E-state index in [0.29, 0.717) is 11.3 Å². The molecule has 0 saturated heterocycles. The van der Waals surface area contributed by atoms with Crippen LogP contribution >= 0.6 is 0 Å². The summed E-state index contributed by atoms with van der Waals surface area (Å²) in [6.07, 6.45) is 0. The number of nitrogens with one attached hydrogen (secondary N) is 2. The molecule has 4 N–H and O–H groups in total. The molecule has 0 radical (unpaired) electrons. The van der Waals surface area contributed by atoms with Gasteiger partial charge >= 0.3 is 11.8 Å². The standard InChI is InChI=1S/C11H14FN3O2/c1-7-6-8(12)2-3-9(7)15-11(17)10(16)14-5-4-13/h2-3,6H,4-5,13H2,1H3,(H,14,16)(H,15,17). The summed E-state index contributed by atoms with van der Waals surface area (Å²) in [6.45, 7) is 2.12. The molecule has 0 atom stereocenters. The number of benzene rings is 1. The Hall–Kier alpha value is -1.95. The average molecular weight is 239 g/mol. The van der Waals surface area contributed by atoms with E-state index in [1.807, 2.05) is 0 Å². The van der Waals surface area contributed by atoms with Gasteiger partial charge in [-0.2, -0.15) is 0 Å². The summed E-state index contributed by atoms with van der Waals surface area (Å²) in [7, 11) is 0. The van der Waals surface area contributed by atoms with Crippen LogP contribution in [0.1, 0.15) is 5.56 Å². The van der Waals surface area contributed by atoms with E-state index in [2.05, 4.69) is 10.6 Å². The minimum Gasteiger partial charge on any atom is -0.347 e. The van der Waals surface area contributed by atoms with Crippen molar-refractivity contribution in [2.75, 3.05) is 18.4 Å². The average Bonchev–Trinajstić information content (AvgIpc) is 2.29. The molecular formula is C11H14FN3O2. The molecule has 1 rings (SSSR count). The Morgan fingerprint density at radius 2 is 2.06 bits per heavy atom. The van der Waals surface area contributed by atoms with Gasteiger partial charge in [0, 0.05) is 18.8 Å². The van der Waals surface area contributed by atoms with E-state index in [1.165, 1.54) is 18.2 Å². The van der Waals surface area contributed by atoms with Gasteiger partial charge in [0.2, 0.25) is 0 Å². The van der Waals surface area contributed by atoms with Crippen molar-refractivity contribution >= 4 is 17.5 Å². The minimum absolute atomic E-state index is 0.231. The van der Waals surface area contributed by atoms with E-state index in [9.17, 15) is 14.0 Å². The van der Waals surface area contributed by atoms with Gasteiger partial charge in [0.15, 0.2) is 0 Å². The molecule has 0 aromatic heterocycles. The molecule has 1 aromatic rings. The van der Waals surface area contributed by atoms with Crippen LogP contribution in [0.5, 0.6) is 0 Å². The zero-order valence-corrected chi connectivity index (χ0v) is 9.42. The van der Waals surface area contributed by atoms with E-state index in [-0.39, 0.29) is 13.1 Å². The lowest BCUT2D eigenvalue weighted by Gasteiger charge is -2.08. The third-order valence-corrected chi connectivity index (χ3v) is 2.07. The van der Waals surface area contributed by atoms with Gasteiger partial charge < -0.3 is 16.4 Å². The largest absolute Gasteiger partial charge is 0.347 e. The van der Waals surface area contributed by atoms with Gasteiger partial charge in [0.05, 0.1) is 0 Å². The van der Waals surface area contributed by atoms with Gasteiger partial charge in [-0.05, 0) is 30.7 Å². The van der Waals surface area contributed by atoms with Gasteiger partial charge in [0.1, 0.15) is 5.82 Å². The van der Waals surface area contributed by atoms with Crippen LogP contribution in [0.2, 0.25) is 0 Å². The number of anilines is 1. The van der Waals surface area contributed by atoms with Crippen LogP contribution in [0.25, 0.3) is 0 Å². The molecule has 0 aliphatic carbocycles. The highest BCUT2D eigenvalue weighted by Crippen LogP contribution is 2.15. The maximum atomic E-state index is 12.8. The Morgan fingerprint density at radius 3 is 2.65 bits per heavy atom. The van der Waals surface area contributed by atoms with E-state index in [4.69, 9.17) is 5.73 Å². The van der Waals surface area contributed by atoms with Gasteiger partial charge in [-0.1, -0.05) is 0 Å². The van der Waals surface area contributed by atoms with Gasteiger partial charge in [-0.25, -0.2) is 4.39 Å². The molecule has 5 nitrogen and oxygen atoms in total. The highest BCUT2D eigenvalue weighted by Gasteiger charge is 2.13. The first-order chi connectivity index (χ1) is 8.04. The SMILES string of the molecule is Cc1cc(F)ccc1NC(=O)C(=O)NCCN. The monoisotopic (exact) mass is 239 g/mol. The fourth-order valence-corrected chi connectivity index (χ4v) is 1.21. The van der Waals surface area contributed by atoms with E-state index in [0.717, 1.165) is 0 Å². The van der Waals surface area contributed by atoms with Crippen LogP contribution in [0.3, 0.4) is 0 Å². The molecule has 0 unspecified atom stereocenters. The van der Waals surface area contributed by atoms with Crippen molar-refractivity contribution in [3.63, 3.8) is 0 Å². The van der Waals surface area contributed by atoms with Crippen molar-refractivity contribution in [1.82, 2.24) is 5.32 Å². The normalized spacial score (nSPS) is 9.82. The number of aryl methyl sites for hydroxylation is 1. The number of nitrogens with two attached hydrogens (primary N) is 1. The minimum atomic E-state index is -0.798. The van der Waals surface area contributed by atoms with Crippen molar-refractivity contribution in [1.29, 1.82) is 0 Å². The highest BCUT2D eigenvalue weighted by atomic mass is 19.1. The van der Waals surface area contributed by atoms with Crippen molar-refractivity contribution in [3.05, 3.63) is 29.6 Å². The summed E-state index contributed by atoms with van der Waals surface area (Å²) >= 11 is 0. The van der Waals surface area contributed by atoms with Crippen LogP contribution in [0.4, 0.5) is 10.1 Å². The predicted molar refractivity (Wildman–Crippen MR) is 61.8 cm³/mol. The summed E-state index contributed by atoms with van der Waals surface area (Å²) in [5.41, 5.74) is 6.13. The lowest BCUT2D eigenvalue weighted by Crippen LogP contribution is -2.38. The maximum absolute atomic E-state index is 12.8. The third-order valence-electron chi connectivity index (χ3n) is 2.07. The van der Waals surface area contributed by atoms with Gasteiger partial charge in [-0.3, -0.25) is 9.59 Å². The van der Waals surface area contributed by atoms with Crippen LogP contribution in [-0.4, -0.2) is 24.9 Å². The molecule has 6 heteroatoms. The maximum Gasteiger partial charge on any atom is 0.313 e. The predicted octanol–water partition coefficient (Wildman–Crippen LogP) is 0.148. The first kappa shape index (κ1) is 13.1. The van der Waals surface area contributed by atoms with Crippen LogP contribution < -0.4 is 16.4 Å². The molecular weight excluding hydrogens is 225 g/mol. The first-order valence-corrected chi connectivity index (χ1v) is 5.10. The zero-order valence-electron chi connectivity index (χ0n) is 9.42.